The Kier molecular flexibility index (Phi) is 9.39. The van der Waals surface area contributed by atoms with E-state index in [2.05, 4.69) is 223 Å². The van der Waals surface area contributed by atoms with Crippen molar-refractivity contribution in [2.75, 3.05) is 9.80 Å². The van der Waals surface area contributed by atoms with Crippen LogP contribution < -0.4 is 26.4 Å². The molecule has 4 heteroatoms. The SMILES string of the molecule is Cc1cc2c3c(c1)N(c1ccc(C(C)(C)C)cc1-c1ccccc1)c1c(oc4ccc(C(C)(C)C)cc14)B3c1ccc3c(c1N2c1ccc2c(c1)C(C)(C)CCC2(C)C)C(C)(C)CCC3(C)C. The van der Waals surface area contributed by atoms with Crippen LogP contribution in [0.3, 0.4) is 0 Å². The summed E-state index contributed by atoms with van der Waals surface area (Å²) in [5.41, 5.74) is 24.3. The third kappa shape index (κ3) is 6.65. The van der Waals surface area contributed by atoms with E-state index in [0.717, 1.165) is 35.2 Å². The molecular weight excluding hydrogens is 812 g/mol. The first-order valence-corrected chi connectivity index (χ1v) is 25.2. The van der Waals surface area contributed by atoms with Crippen molar-refractivity contribution in [1.82, 2.24) is 0 Å². The van der Waals surface area contributed by atoms with Crippen LogP contribution in [-0.2, 0) is 32.5 Å². The number of hydrogen-bond donors (Lipinski definition) is 0. The second-order valence-corrected chi connectivity index (χ2v) is 25.6. The number of benzene rings is 6. The molecule has 0 N–H and O–H groups in total. The maximum Gasteiger partial charge on any atom is 0.297 e. The Morgan fingerprint density at radius 1 is 0.522 bits per heavy atom. The Labute approximate surface area is 402 Å². The lowest BCUT2D eigenvalue weighted by Gasteiger charge is -2.49. The summed E-state index contributed by atoms with van der Waals surface area (Å²) in [6, 6.07) is 42.8. The number of fused-ring (bicyclic) bond motifs is 9. The first-order valence-electron chi connectivity index (χ1n) is 25.2. The average molecular weight is 883 g/mol. The van der Waals surface area contributed by atoms with Crippen molar-refractivity contribution in [3.63, 3.8) is 0 Å². The molecule has 342 valence electrons. The highest BCUT2D eigenvalue weighted by molar-refractivity contribution is 7.00. The highest BCUT2D eigenvalue weighted by Crippen LogP contribution is 2.56. The monoisotopic (exact) mass is 883 g/mol. The van der Waals surface area contributed by atoms with Crippen molar-refractivity contribution in [3.05, 3.63) is 148 Å². The number of furan rings is 1. The van der Waals surface area contributed by atoms with Gasteiger partial charge in [-0.15, -0.1) is 0 Å². The van der Waals surface area contributed by atoms with E-state index in [-0.39, 0.29) is 39.2 Å². The standard InChI is InChI=1S/C63H71BN2O/c1-38-33-50-54-51(34-38)66(49-27-21-40(58(2,3)4)35-43(49)39-19-17-16-18-20-39)55-44-36-41(59(5,6)7)22-28-52(44)67-57(55)64(54)48-26-25-46-53(63(14,15)32-31-61(46,10)11)56(48)65(50)42-23-24-45-47(37-42)62(12,13)30-29-60(45,8)9/h16-28,33-37H,29-32H2,1-15H3. The van der Waals surface area contributed by atoms with Crippen LogP contribution >= 0.6 is 0 Å². The molecule has 0 saturated carbocycles. The van der Waals surface area contributed by atoms with Crippen LogP contribution in [0.5, 0.6) is 0 Å². The van der Waals surface area contributed by atoms with Crippen LogP contribution in [0, 0.1) is 6.92 Å². The molecule has 1 aromatic heterocycles. The zero-order valence-electron chi connectivity index (χ0n) is 43.1. The highest BCUT2D eigenvalue weighted by Gasteiger charge is 2.51. The second kappa shape index (κ2) is 14.3. The quantitative estimate of drug-likeness (QED) is 0.165. The molecule has 0 spiro atoms. The van der Waals surface area contributed by atoms with Crippen LogP contribution in [-0.4, -0.2) is 6.71 Å². The molecule has 11 rings (SSSR count). The summed E-state index contributed by atoms with van der Waals surface area (Å²) < 4.78 is 7.51. The smallest absolute Gasteiger partial charge is 0.297 e. The van der Waals surface area contributed by atoms with Crippen molar-refractivity contribution in [2.24, 2.45) is 0 Å². The summed E-state index contributed by atoms with van der Waals surface area (Å²) in [6.45, 7) is 35.9. The van der Waals surface area contributed by atoms with Gasteiger partial charge in [-0.2, -0.15) is 0 Å². The van der Waals surface area contributed by atoms with Crippen LogP contribution in [0.15, 0.2) is 114 Å². The molecule has 7 aromatic rings. The number of aryl methyl sites for hydroxylation is 1. The molecule has 0 fully saturated rings. The maximum absolute atomic E-state index is 7.51. The van der Waals surface area contributed by atoms with Gasteiger partial charge in [-0.3, -0.25) is 0 Å². The van der Waals surface area contributed by atoms with E-state index in [1.165, 1.54) is 102 Å². The topological polar surface area (TPSA) is 19.6 Å². The molecular formula is C63H71BN2O. The Morgan fingerprint density at radius 2 is 1.10 bits per heavy atom. The molecule has 3 heterocycles. The van der Waals surface area contributed by atoms with Gasteiger partial charge in [0.15, 0.2) is 0 Å². The zero-order chi connectivity index (χ0) is 47.5. The van der Waals surface area contributed by atoms with Gasteiger partial charge in [0.05, 0.1) is 17.0 Å². The molecule has 0 saturated heterocycles. The van der Waals surface area contributed by atoms with Gasteiger partial charge in [0, 0.05) is 33.7 Å². The van der Waals surface area contributed by atoms with Gasteiger partial charge in [-0.1, -0.05) is 158 Å². The number of hydrogen-bond acceptors (Lipinski definition) is 3. The fraction of sp³-hybridized carbons (Fsp3) is 0.397. The van der Waals surface area contributed by atoms with E-state index in [1.54, 1.807) is 0 Å². The number of anilines is 6. The van der Waals surface area contributed by atoms with Gasteiger partial charge in [0.1, 0.15) is 5.58 Å². The van der Waals surface area contributed by atoms with Gasteiger partial charge in [0.2, 0.25) is 0 Å². The van der Waals surface area contributed by atoms with Crippen molar-refractivity contribution >= 4 is 68.4 Å². The fourth-order valence-electron chi connectivity index (χ4n) is 12.6. The van der Waals surface area contributed by atoms with Crippen LogP contribution in [0.1, 0.15) is 162 Å². The first-order chi connectivity index (χ1) is 31.4. The molecule has 2 aliphatic carbocycles. The van der Waals surface area contributed by atoms with Gasteiger partial charge in [-0.05, 0) is 169 Å². The van der Waals surface area contributed by atoms with E-state index < -0.39 is 0 Å². The lowest BCUT2D eigenvalue weighted by atomic mass is 9.35. The molecule has 3 nitrogen and oxygen atoms in total. The predicted molar refractivity (Wildman–Crippen MR) is 288 cm³/mol. The third-order valence-corrected chi connectivity index (χ3v) is 16.9. The molecule has 0 bridgehead atoms. The van der Waals surface area contributed by atoms with Crippen molar-refractivity contribution < 1.29 is 4.42 Å². The minimum Gasteiger partial charge on any atom is -0.468 e. The third-order valence-electron chi connectivity index (χ3n) is 16.9. The summed E-state index contributed by atoms with van der Waals surface area (Å²) >= 11 is 0. The molecule has 0 unspecified atom stereocenters. The van der Waals surface area contributed by atoms with Gasteiger partial charge < -0.3 is 14.2 Å². The molecule has 0 radical (unpaired) electrons. The minimum absolute atomic E-state index is 0.0307. The molecule has 0 atom stereocenters. The number of nitrogens with zero attached hydrogens (tertiary/aromatic N) is 2. The van der Waals surface area contributed by atoms with Crippen molar-refractivity contribution in [2.45, 2.75) is 162 Å². The average Bonchev–Trinajstić information content (AvgIpc) is 3.64. The predicted octanol–water partition coefficient (Wildman–Crippen LogP) is 15.8. The minimum atomic E-state index is -0.123. The van der Waals surface area contributed by atoms with Crippen LogP contribution in [0.4, 0.5) is 34.1 Å². The Hall–Kier alpha value is -5.48. The first kappa shape index (κ1) is 44.1. The van der Waals surface area contributed by atoms with Crippen LogP contribution in [0.25, 0.3) is 22.1 Å². The van der Waals surface area contributed by atoms with Crippen molar-refractivity contribution in [1.29, 1.82) is 0 Å². The second-order valence-electron chi connectivity index (χ2n) is 25.6. The number of rotatable bonds is 3. The summed E-state index contributed by atoms with van der Waals surface area (Å²) in [5.74, 6) is 0. The van der Waals surface area contributed by atoms with Crippen molar-refractivity contribution in [3.8, 4) is 11.1 Å². The van der Waals surface area contributed by atoms with Gasteiger partial charge in [-0.25, -0.2) is 0 Å². The maximum atomic E-state index is 7.51. The Bertz CT molecular complexity index is 3180. The lowest BCUT2D eigenvalue weighted by molar-refractivity contribution is 0.331. The largest absolute Gasteiger partial charge is 0.468 e. The summed E-state index contributed by atoms with van der Waals surface area (Å²) in [4.78, 5) is 5.33. The molecule has 2 aliphatic heterocycles. The normalized spacial score (nSPS) is 18.5. The fourth-order valence-corrected chi connectivity index (χ4v) is 12.6. The van der Waals surface area contributed by atoms with E-state index in [1.807, 2.05) is 0 Å². The molecule has 67 heavy (non-hydrogen) atoms. The molecule has 0 amide bonds. The van der Waals surface area contributed by atoms with E-state index >= 15 is 0 Å². The lowest BCUT2D eigenvalue weighted by Crippen LogP contribution is -2.61. The summed E-state index contributed by atoms with van der Waals surface area (Å²) in [6.07, 6.45) is 4.65. The Morgan fingerprint density at radius 3 is 1.78 bits per heavy atom. The van der Waals surface area contributed by atoms with Crippen LogP contribution in [0.2, 0.25) is 0 Å². The summed E-state index contributed by atoms with van der Waals surface area (Å²) in [7, 11) is 0. The van der Waals surface area contributed by atoms with Gasteiger partial charge >= 0.3 is 0 Å². The van der Waals surface area contributed by atoms with E-state index in [0.29, 0.717) is 0 Å². The van der Waals surface area contributed by atoms with E-state index in [9.17, 15) is 0 Å². The zero-order valence-corrected chi connectivity index (χ0v) is 43.1. The van der Waals surface area contributed by atoms with E-state index in [4.69, 9.17) is 4.42 Å². The highest BCUT2D eigenvalue weighted by atomic mass is 16.3. The molecule has 6 aromatic carbocycles. The Balaban J connectivity index is 1.30. The van der Waals surface area contributed by atoms with Gasteiger partial charge in [0.25, 0.3) is 6.71 Å². The molecule has 4 aliphatic rings. The summed E-state index contributed by atoms with van der Waals surface area (Å²) in [5, 5.41) is 1.16.